The van der Waals surface area contributed by atoms with Gasteiger partial charge in [0.15, 0.2) is 0 Å². The molecule has 0 spiro atoms. The third-order valence-corrected chi connectivity index (χ3v) is 1.32. The number of allylic oxidation sites excluding steroid dienone is 2. The lowest BCUT2D eigenvalue weighted by Gasteiger charge is -1.98. The third kappa shape index (κ3) is 6.53. The van der Waals surface area contributed by atoms with E-state index >= 15 is 0 Å². The molecule has 90 valence electrons. The van der Waals surface area contributed by atoms with E-state index in [1.165, 1.54) is 13.2 Å². The van der Waals surface area contributed by atoms with Crippen LogP contribution in [-0.2, 0) is 9.53 Å². The second-order valence-electron chi connectivity index (χ2n) is 2.34. The van der Waals surface area contributed by atoms with E-state index in [9.17, 15) is 14.9 Å². The maximum Gasteiger partial charge on any atom is 0.338 e. The fourth-order valence-corrected chi connectivity index (χ4v) is 0.705. The van der Waals surface area contributed by atoms with E-state index in [1.54, 1.807) is 13.0 Å². The highest BCUT2D eigenvalue weighted by molar-refractivity contribution is 5.91. The summed E-state index contributed by atoms with van der Waals surface area (Å²) in [6.45, 7) is 8.86. The lowest BCUT2D eigenvalue weighted by atomic mass is 10.2. The van der Waals surface area contributed by atoms with Crippen LogP contribution in [0.15, 0.2) is 36.1 Å². The number of nitro groups is 1. The molecule has 0 N–H and O–H groups in total. The summed E-state index contributed by atoms with van der Waals surface area (Å²) in [5, 5.41) is 10.2. The first-order valence-electron chi connectivity index (χ1n) is 4.79. The van der Waals surface area contributed by atoms with Gasteiger partial charge in [0.1, 0.15) is 0 Å². The van der Waals surface area contributed by atoms with Gasteiger partial charge in [-0.2, -0.15) is 0 Å². The summed E-state index contributed by atoms with van der Waals surface area (Å²) in [7, 11) is 1.20. The molecule has 0 unspecified atom stereocenters. The minimum Gasteiger partial charge on any atom is -0.465 e. The molecule has 0 atom stereocenters. The zero-order chi connectivity index (χ0) is 13.1. The lowest BCUT2D eigenvalue weighted by molar-refractivity contribution is -0.418. The van der Waals surface area contributed by atoms with Crippen LogP contribution in [-0.4, -0.2) is 18.0 Å². The van der Waals surface area contributed by atoms with Crippen molar-refractivity contribution in [3.8, 4) is 0 Å². The molecule has 16 heavy (non-hydrogen) atoms. The smallest absolute Gasteiger partial charge is 0.338 e. The zero-order valence-electron chi connectivity index (χ0n) is 10.0. The van der Waals surface area contributed by atoms with Gasteiger partial charge in [0.2, 0.25) is 0 Å². The summed E-state index contributed by atoms with van der Waals surface area (Å²) < 4.78 is 4.42. The van der Waals surface area contributed by atoms with E-state index in [0.29, 0.717) is 0 Å². The standard InChI is InChI=1S/C9H11NO4.C2H6/c1-4-5-8(9(11)14-3)6-7(2)10(12)13;1-2/h4-6H,2H2,1,3H3;1-2H3/b5-4-,8-6+;. The Morgan fingerprint density at radius 1 is 1.44 bits per heavy atom. The number of hydrogen-bond donors (Lipinski definition) is 0. The Balaban J connectivity index is 0. The number of nitrogens with zero attached hydrogens (tertiary/aromatic N) is 1. The molecule has 0 saturated heterocycles. The summed E-state index contributed by atoms with van der Waals surface area (Å²) in [5.41, 5.74) is -0.264. The van der Waals surface area contributed by atoms with E-state index < -0.39 is 10.9 Å². The van der Waals surface area contributed by atoms with Crippen LogP contribution >= 0.6 is 0 Å². The van der Waals surface area contributed by atoms with Crippen molar-refractivity contribution in [3.63, 3.8) is 0 Å². The fraction of sp³-hybridized carbons (Fsp3) is 0.364. The number of hydrogen-bond acceptors (Lipinski definition) is 4. The minimum atomic E-state index is -0.674. The van der Waals surface area contributed by atoms with Crippen molar-refractivity contribution in [2.45, 2.75) is 20.8 Å². The summed E-state index contributed by atoms with van der Waals surface area (Å²) in [6, 6.07) is 0. The Morgan fingerprint density at radius 2 is 1.94 bits per heavy atom. The van der Waals surface area contributed by atoms with Crippen molar-refractivity contribution in [1.82, 2.24) is 0 Å². The number of ether oxygens (including phenoxy) is 1. The molecule has 0 aliphatic carbocycles. The summed E-state index contributed by atoms with van der Waals surface area (Å²) in [4.78, 5) is 20.6. The zero-order valence-corrected chi connectivity index (χ0v) is 10.0. The third-order valence-electron chi connectivity index (χ3n) is 1.32. The van der Waals surface area contributed by atoms with E-state index in [2.05, 4.69) is 11.3 Å². The highest BCUT2D eigenvalue weighted by Gasteiger charge is 2.10. The highest BCUT2D eigenvalue weighted by Crippen LogP contribution is 2.05. The summed E-state index contributed by atoms with van der Waals surface area (Å²) in [6.07, 6.45) is 4.06. The van der Waals surface area contributed by atoms with Crippen molar-refractivity contribution >= 4 is 5.97 Å². The molecule has 0 aromatic heterocycles. The molecule has 5 nitrogen and oxygen atoms in total. The Kier molecular flexibility index (Phi) is 9.95. The largest absolute Gasteiger partial charge is 0.465 e. The second kappa shape index (κ2) is 9.64. The average molecular weight is 227 g/mol. The van der Waals surface area contributed by atoms with Crippen molar-refractivity contribution in [2.75, 3.05) is 7.11 Å². The molecule has 0 rings (SSSR count). The van der Waals surface area contributed by atoms with E-state index in [1.807, 2.05) is 13.8 Å². The van der Waals surface area contributed by atoms with Gasteiger partial charge in [-0.3, -0.25) is 10.1 Å². The normalized spacial score (nSPS) is 10.4. The SMILES string of the molecule is C=C(/C=C(\C=C/C)C(=O)OC)[N+](=O)[O-].CC. The molecule has 0 aromatic rings. The molecular formula is C11H17NO4. The van der Waals surface area contributed by atoms with Crippen LogP contribution in [0.5, 0.6) is 0 Å². The first-order valence-corrected chi connectivity index (χ1v) is 4.79. The van der Waals surface area contributed by atoms with E-state index in [0.717, 1.165) is 6.08 Å². The molecule has 0 bridgehead atoms. The van der Waals surface area contributed by atoms with E-state index in [-0.39, 0.29) is 11.3 Å². The van der Waals surface area contributed by atoms with Crippen molar-refractivity contribution in [1.29, 1.82) is 0 Å². The maximum atomic E-state index is 11.1. The maximum absolute atomic E-state index is 11.1. The van der Waals surface area contributed by atoms with Crippen LogP contribution < -0.4 is 0 Å². The van der Waals surface area contributed by atoms with Crippen LogP contribution in [0.4, 0.5) is 0 Å². The van der Waals surface area contributed by atoms with Crippen LogP contribution in [0, 0.1) is 10.1 Å². The number of carbonyl (C=O) groups excluding carboxylic acids is 1. The molecule has 5 heteroatoms. The Hall–Kier alpha value is -1.91. The number of rotatable bonds is 4. The van der Waals surface area contributed by atoms with Gasteiger partial charge in [0.25, 0.3) is 5.70 Å². The van der Waals surface area contributed by atoms with Gasteiger partial charge in [-0.25, -0.2) is 4.79 Å². The highest BCUT2D eigenvalue weighted by atomic mass is 16.6. The van der Waals surface area contributed by atoms with Gasteiger partial charge in [-0.05, 0) is 13.5 Å². The first-order chi connectivity index (χ1) is 7.52. The van der Waals surface area contributed by atoms with E-state index in [4.69, 9.17) is 0 Å². The predicted molar refractivity (Wildman–Crippen MR) is 62.4 cm³/mol. The second-order valence-corrected chi connectivity index (χ2v) is 2.34. The van der Waals surface area contributed by atoms with Gasteiger partial charge in [0, 0.05) is 6.08 Å². The van der Waals surface area contributed by atoms with Gasteiger partial charge >= 0.3 is 5.97 Å². The van der Waals surface area contributed by atoms with Gasteiger partial charge in [-0.15, -0.1) is 0 Å². The lowest BCUT2D eigenvalue weighted by Crippen LogP contribution is -2.04. The van der Waals surface area contributed by atoms with Crippen LogP contribution in [0.25, 0.3) is 0 Å². The molecule has 0 aromatic carbocycles. The molecule has 0 amide bonds. The minimum absolute atomic E-state index is 0.0942. The molecule has 0 aliphatic rings. The molecule has 0 aliphatic heterocycles. The van der Waals surface area contributed by atoms with Crippen LogP contribution in [0.3, 0.4) is 0 Å². The molecule has 0 saturated carbocycles. The van der Waals surface area contributed by atoms with Crippen LogP contribution in [0.1, 0.15) is 20.8 Å². The van der Waals surface area contributed by atoms with Gasteiger partial charge in [-0.1, -0.05) is 26.0 Å². The van der Waals surface area contributed by atoms with Crippen molar-refractivity contribution in [2.24, 2.45) is 0 Å². The molecular weight excluding hydrogens is 210 g/mol. The first kappa shape index (κ1) is 16.5. The Labute approximate surface area is 95.3 Å². The number of carbonyl (C=O) groups is 1. The molecule has 0 fully saturated rings. The summed E-state index contributed by atoms with van der Waals surface area (Å²) in [5.74, 6) is -0.633. The molecule has 0 heterocycles. The van der Waals surface area contributed by atoms with Crippen molar-refractivity contribution in [3.05, 3.63) is 46.2 Å². The quantitative estimate of drug-likeness (QED) is 0.243. The predicted octanol–water partition coefficient (Wildman–Crippen LogP) is 2.48. The summed E-state index contributed by atoms with van der Waals surface area (Å²) >= 11 is 0. The molecule has 0 radical (unpaired) electrons. The number of esters is 1. The van der Waals surface area contributed by atoms with Crippen LogP contribution in [0.2, 0.25) is 0 Å². The fourth-order valence-electron chi connectivity index (χ4n) is 0.705. The number of methoxy groups -OCH3 is 1. The topological polar surface area (TPSA) is 69.4 Å². The van der Waals surface area contributed by atoms with Gasteiger partial charge < -0.3 is 4.74 Å². The van der Waals surface area contributed by atoms with Gasteiger partial charge in [0.05, 0.1) is 17.6 Å². The average Bonchev–Trinajstić information content (AvgIpc) is 2.29. The monoisotopic (exact) mass is 227 g/mol. The Bertz CT molecular complexity index is 316. The Morgan fingerprint density at radius 3 is 2.25 bits per heavy atom. The van der Waals surface area contributed by atoms with Crippen molar-refractivity contribution < 1.29 is 14.5 Å².